The first kappa shape index (κ1) is 16.7. The second kappa shape index (κ2) is 6.87. The predicted octanol–water partition coefficient (Wildman–Crippen LogP) is 3.33. The first-order valence-electron chi connectivity index (χ1n) is 8.22. The summed E-state index contributed by atoms with van der Waals surface area (Å²) in [7, 11) is 0. The number of nitrogens with zero attached hydrogens (tertiary/aromatic N) is 3. The predicted molar refractivity (Wildman–Crippen MR) is 99.3 cm³/mol. The van der Waals surface area contributed by atoms with Crippen LogP contribution in [-0.2, 0) is 6.54 Å². The van der Waals surface area contributed by atoms with Gasteiger partial charge in [0.1, 0.15) is 11.5 Å². The molecule has 27 heavy (non-hydrogen) atoms. The number of halogens is 1. The van der Waals surface area contributed by atoms with E-state index in [-0.39, 0.29) is 23.9 Å². The van der Waals surface area contributed by atoms with Crippen LogP contribution < -0.4 is 11.3 Å². The van der Waals surface area contributed by atoms with Gasteiger partial charge in [-0.15, -0.1) is 0 Å². The lowest BCUT2D eigenvalue weighted by Crippen LogP contribution is -2.19. The molecule has 0 spiro atoms. The minimum absolute atomic E-state index is 0.109. The molecule has 3 heterocycles. The molecule has 0 aliphatic heterocycles. The standard InChI is InChI=1S/C20H15FN4O2/c21-16-5-2-1-4-14(16)12-25-8-7-13(10-18(25)26)15-11-23-20(22)24-19(15)17-6-3-9-27-17/h1-11H,12H2,(H2,22,23,24). The molecule has 4 rings (SSSR count). The van der Waals surface area contributed by atoms with E-state index in [2.05, 4.69) is 9.97 Å². The SMILES string of the molecule is Nc1ncc(-c2ccn(Cc3ccccc3F)c(=O)c2)c(-c2ccco2)n1. The lowest BCUT2D eigenvalue weighted by Gasteiger charge is -2.10. The summed E-state index contributed by atoms with van der Waals surface area (Å²) in [5.41, 5.74) is 7.62. The molecule has 0 saturated carbocycles. The van der Waals surface area contributed by atoms with Crippen molar-refractivity contribution in [2.75, 3.05) is 5.73 Å². The highest BCUT2D eigenvalue weighted by atomic mass is 19.1. The van der Waals surface area contributed by atoms with Crippen LogP contribution in [-0.4, -0.2) is 14.5 Å². The zero-order chi connectivity index (χ0) is 18.8. The highest BCUT2D eigenvalue weighted by Gasteiger charge is 2.14. The van der Waals surface area contributed by atoms with E-state index >= 15 is 0 Å². The number of anilines is 1. The molecule has 0 aliphatic carbocycles. The fourth-order valence-electron chi connectivity index (χ4n) is 2.82. The van der Waals surface area contributed by atoms with Crippen LogP contribution in [0.4, 0.5) is 10.3 Å². The molecule has 7 heteroatoms. The number of pyridine rings is 1. The molecule has 0 saturated heterocycles. The molecule has 0 atom stereocenters. The summed E-state index contributed by atoms with van der Waals surface area (Å²) in [6.07, 6.45) is 4.70. The zero-order valence-corrected chi connectivity index (χ0v) is 14.2. The largest absolute Gasteiger partial charge is 0.463 e. The van der Waals surface area contributed by atoms with Crippen molar-refractivity contribution >= 4 is 5.95 Å². The number of nitrogens with two attached hydrogens (primary N) is 1. The molecule has 3 aromatic heterocycles. The van der Waals surface area contributed by atoms with Gasteiger partial charge >= 0.3 is 0 Å². The molecule has 2 N–H and O–H groups in total. The van der Waals surface area contributed by atoms with Crippen LogP contribution in [0, 0.1) is 5.82 Å². The first-order chi connectivity index (χ1) is 13.1. The fourth-order valence-corrected chi connectivity index (χ4v) is 2.82. The van der Waals surface area contributed by atoms with Crippen molar-refractivity contribution in [2.24, 2.45) is 0 Å². The third-order valence-corrected chi connectivity index (χ3v) is 4.17. The van der Waals surface area contributed by atoms with E-state index in [4.69, 9.17) is 10.2 Å². The van der Waals surface area contributed by atoms with E-state index in [1.54, 1.807) is 48.8 Å². The lowest BCUT2D eigenvalue weighted by atomic mass is 10.1. The molecule has 6 nitrogen and oxygen atoms in total. The first-order valence-corrected chi connectivity index (χ1v) is 8.22. The summed E-state index contributed by atoms with van der Waals surface area (Å²) >= 11 is 0. The van der Waals surface area contributed by atoms with E-state index in [1.807, 2.05) is 0 Å². The molecule has 0 amide bonds. The van der Waals surface area contributed by atoms with E-state index in [0.29, 0.717) is 28.1 Å². The molecule has 134 valence electrons. The topological polar surface area (TPSA) is 86.9 Å². The molecule has 0 bridgehead atoms. The number of hydrogen-bond donors (Lipinski definition) is 1. The number of rotatable bonds is 4. The average Bonchev–Trinajstić information content (AvgIpc) is 3.20. The van der Waals surface area contributed by atoms with E-state index < -0.39 is 0 Å². The van der Waals surface area contributed by atoms with Gasteiger partial charge in [-0.3, -0.25) is 4.79 Å². The van der Waals surface area contributed by atoms with Gasteiger partial charge in [0.2, 0.25) is 5.95 Å². The lowest BCUT2D eigenvalue weighted by molar-refractivity contribution is 0.580. The minimum Gasteiger partial charge on any atom is -0.463 e. The van der Waals surface area contributed by atoms with Gasteiger partial charge in [-0.25, -0.2) is 14.4 Å². The number of nitrogen functional groups attached to an aromatic ring is 1. The summed E-state index contributed by atoms with van der Waals surface area (Å²) in [5, 5.41) is 0. The Morgan fingerprint density at radius 1 is 1.15 bits per heavy atom. The van der Waals surface area contributed by atoms with Crippen LogP contribution in [0.5, 0.6) is 0 Å². The van der Waals surface area contributed by atoms with Crippen molar-refractivity contribution in [3.8, 4) is 22.6 Å². The Bertz CT molecular complexity index is 1150. The van der Waals surface area contributed by atoms with Crippen LogP contribution in [0.15, 0.2) is 76.4 Å². The summed E-state index contributed by atoms with van der Waals surface area (Å²) in [4.78, 5) is 20.8. The average molecular weight is 362 g/mol. The maximum atomic E-state index is 13.8. The second-order valence-electron chi connectivity index (χ2n) is 5.94. The number of furan rings is 1. The van der Waals surface area contributed by atoms with Gasteiger partial charge in [0, 0.05) is 29.6 Å². The van der Waals surface area contributed by atoms with Crippen molar-refractivity contribution < 1.29 is 8.81 Å². The molecule has 0 unspecified atom stereocenters. The van der Waals surface area contributed by atoms with Gasteiger partial charge < -0.3 is 14.7 Å². The molecular weight excluding hydrogens is 347 g/mol. The fraction of sp³-hybridized carbons (Fsp3) is 0.0500. The maximum Gasteiger partial charge on any atom is 0.251 e. The monoisotopic (exact) mass is 362 g/mol. The summed E-state index contributed by atoms with van der Waals surface area (Å²) < 4.78 is 20.7. The molecule has 1 aromatic carbocycles. The number of benzene rings is 1. The van der Waals surface area contributed by atoms with Gasteiger partial charge in [0.25, 0.3) is 5.56 Å². The summed E-state index contributed by atoms with van der Waals surface area (Å²) in [6.45, 7) is 0.148. The Morgan fingerprint density at radius 2 is 2.00 bits per heavy atom. The van der Waals surface area contributed by atoms with Gasteiger partial charge in [-0.1, -0.05) is 18.2 Å². The van der Waals surface area contributed by atoms with Gasteiger partial charge in [0.05, 0.1) is 12.8 Å². The van der Waals surface area contributed by atoms with Crippen LogP contribution >= 0.6 is 0 Å². The molecule has 0 radical (unpaired) electrons. The smallest absolute Gasteiger partial charge is 0.251 e. The Labute approximate surface area is 153 Å². The normalized spacial score (nSPS) is 10.9. The van der Waals surface area contributed by atoms with Crippen LogP contribution in [0.2, 0.25) is 0 Å². The molecule has 0 fully saturated rings. The van der Waals surface area contributed by atoms with Gasteiger partial charge in [-0.05, 0) is 29.8 Å². The van der Waals surface area contributed by atoms with Crippen molar-refractivity contribution in [3.63, 3.8) is 0 Å². The third-order valence-electron chi connectivity index (χ3n) is 4.17. The Balaban J connectivity index is 1.74. The van der Waals surface area contributed by atoms with Gasteiger partial charge in [0.15, 0.2) is 5.76 Å². The van der Waals surface area contributed by atoms with E-state index in [1.165, 1.54) is 23.0 Å². The highest BCUT2D eigenvalue weighted by Crippen LogP contribution is 2.30. The van der Waals surface area contributed by atoms with Crippen molar-refractivity contribution in [1.82, 2.24) is 14.5 Å². The van der Waals surface area contributed by atoms with Crippen molar-refractivity contribution in [1.29, 1.82) is 0 Å². The summed E-state index contributed by atoms with van der Waals surface area (Å²) in [6, 6.07) is 13.1. The Morgan fingerprint density at radius 3 is 2.74 bits per heavy atom. The number of hydrogen-bond acceptors (Lipinski definition) is 5. The van der Waals surface area contributed by atoms with Crippen molar-refractivity contribution in [2.45, 2.75) is 6.54 Å². The quantitative estimate of drug-likeness (QED) is 0.602. The highest BCUT2D eigenvalue weighted by molar-refractivity contribution is 5.78. The zero-order valence-electron chi connectivity index (χ0n) is 14.2. The third kappa shape index (κ3) is 3.35. The van der Waals surface area contributed by atoms with Crippen LogP contribution in [0.1, 0.15) is 5.56 Å². The maximum absolute atomic E-state index is 13.8. The van der Waals surface area contributed by atoms with Crippen molar-refractivity contribution in [3.05, 3.63) is 88.9 Å². The van der Waals surface area contributed by atoms with Gasteiger partial charge in [-0.2, -0.15) is 0 Å². The molecule has 0 aliphatic rings. The summed E-state index contributed by atoms with van der Waals surface area (Å²) in [5.74, 6) is 0.285. The minimum atomic E-state index is -0.347. The Hall–Kier alpha value is -3.74. The number of aromatic nitrogens is 3. The molecular formula is C20H15FN4O2. The Kier molecular flexibility index (Phi) is 4.25. The molecule has 4 aromatic rings. The van der Waals surface area contributed by atoms with E-state index in [9.17, 15) is 9.18 Å². The van der Waals surface area contributed by atoms with E-state index in [0.717, 1.165) is 0 Å². The van der Waals surface area contributed by atoms with Crippen LogP contribution in [0.25, 0.3) is 22.6 Å². The second-order valence-corrected chi connectivity index (χ2v) is 5.94. The van der Waals surface area contributed by atoms with Crippen LogP contribution in [0.3, 0.4) is 0 Å².